The van der Waals surface area contributed by atoms with Gasteiger partial charge in [-0.2, -0.15) is 5.10 Å². The van der Waals surface area contributed by atoms with Crippen LogP contribution in [0.3, 0.4) is 0 Å². The van der Waals surface area contributed by atoms with E-state index >= 15 is 0 Å². The Morgan fingerprint density at radius 1 is 0.755 bits per heavy atom. The second-order valence-electron chi connectivity index (χ2n) is 15.1. The molecule has 3 aromatic carbocycles. The number of imide groups is 1. The molecule has 0 spiro atoms. The summed E-state index contributed by atoms with van der Waals surface area (Å²) in [7, 11) is 0. The molecule has 5 aliphatic rings. The molecule has 2 aromatic heterocycles. The Bertz CT molecular complexity index is 2200. The van der Waals surface area contributed by atoms with Crippen molar-refractivity contribution in [1.82, 2.24) is 39.8 Å². The molecule has 2 atom stereocenters. The van der Waals surface area contributed by atoms with E-state index in [1.165, 1.54) is 23.1 Å². The minimum absolute atomic E-state index is 0.159. The SMILES string of the molecule is Nc1ncnc2c1c(-c1ccc(Oc3ccccc3)cc1)nn2C1CCN(C2CN(C3CN(c4ccc5c(c4)CN(C4CCC(=O)NC4=O)C5)C3)C2)C1. The van der Waals surface area contributed by atoms with E-state index in [1.807, 2.05) is 54.6 Å². The lowest BCUT2D eigenvalue weighted by Gasteiger charge is -2.54. The molecule has 3 N–H and O–H groups in total. The van der Waals surface area contributed by atoms with Gasteiger partial charge in [-0.15, -0.1) is 0 Å². The van der Waals surface area contributed by atoms with E-state index in [0.29, 0.717) is 30.7 Å². The Hall–Kier alpha value is -5.37. The Morgan fingerprint density at radius 3 is 2.32 bits per heavy atom. The van der Waals surface area contributed by atoms with Crippen LogP contribution in [0.25, 0.3) is 22.3 Å². The van der Waals surface area contributed by atoms with Crippen LogP contribution in [0.1, 0.15) is 36.4 Å². The lowest BCUT2D eigenvalue weighted by Crippen LogP contribution is -2.69. The molecule has 0 radical (unpaired) electrons. The number of fused-ring (bicyclic) bond motifs is 2. The second kappa shape index (κ2) is 12.9. The predicted octanol–water partition coefficient (Wildman–Crippen LogP) is 3.81. The van der Waals surface area contributed by atoms with Gasteiger partial charge in [0.25, 0.3) is 0 Å². The zero-order chi connectivity index (χ0) is 35.6. The number of para-hydroxylation sites is 1. The first-order valence-electron chi connectivity index (χ1n) is 18.7. The van der Waals surface area contributed by atoms with Gasteiger partial charge in [-0.1, -0.05) is 24.3 Å². The number of nitrogens with one attached hydrogen (secondary N) is 1. The van der Waals surface area contributed by atoms with E-state index < -0.39 is 0 Å². The van der Waals surface area contributed by atoms with E-state index in [2.05, 4.69) is 57.8 Å². The zero-order valence-electron chi connectivity index (χ0n) is 29.5. The molecule has 0 aliphatic carbocycles. The summed E-state index contributed by atoms with van der Waals surface area (Å²) in [5.41, 5.74) is 12.8. The number of likely N-dealkylation sites (tertiary alicyclic amines) is 2. The summed E-state index contributed by atoms with van der Waals surface area (Å²) in [6.07, 6.45) is 3.56. The smallest absolute Gasteiger partial charge is 0.243 e. The molecular formula is C40H42N10O3. The highest BCUT2D eigenvalue weighted by Gasteiger charge is 2.43. The van der Waals surface area contributed by atoms with Crippen molar-refractivity contribution >= 4 is 34.4 Å². The van der Waals surface area contributed by atoms with Gasteiger partial charge in [0, 0.05) is 82.1 Å². The molecule has 5 aromatic rings. The van der Waals surface area contributed by atoms with E-state index in [0.717, 1.165) is 92.6 Å². The summed E-state index contributed by atoms with van der Waals surface area (Å²) < 4.78 is 8.09. The Balaban J connectivity index is 0.749. The predicted molar refractivity (Wildman–Crippen MR) is 200 cm³/mol. The van der Waals surface area contributed by atoms with Gasteiger partial charge in [0.1, 0.15) is 29.3 Å². The third-order valence-corrected chi connectivity index (χ3v) is 11.9. The van der Waals surface area contributed by atoms with Crippen LogP contribution in [0.5, 0.6) is 11.5 Å². The maximum atomic E-state index is 12.4. The minimum Gasteiger partial charge on any atom is -0.457 e. The molecule has 2 amide bonds. The number of nitrogen functional groups attached to an aromatic ring is 1. The largest absolute Gasteiger partial charge is 0.457 e. The topological polar surface area (TPSA) is 138 Å². The fourth-order valence-electron chi connectivity index (χ4n) is 8.83. The second-order valence-corrected chi connectivity index (χ2v) is 15.1. The Morgan fingerprint density at radius 2 is 1.51 bits per heavy atom. The van der Waals surface area contributed by atoms with Crippen LogP contribution in [-0.4, -0.2) is 104 Å². The number of carbonyl (C=O) groups is 2. The molecule has 4 saturated heterocycles. The highest BCUT2D eigenvalue weighted by Crippen LogP contribution is 2.37. The number of hydrogen-bond donors (Lipinski definition) is 2. The number of hydrogen-bond acceptors (Lipinski definition) is 11. The van der Waals surface area contributed by atoms with Crippen molar-refractivity contribution < 1.29 is 14.3 Å². The number of rotatable bonds is 8. The Labute approximate surface area is 307 Å². The monoisotopic (exact) mass is 710 g/mol. The van der Waals surface area contributed by atoms with Crippen molar-refractivity contribution in [3.63, 3.8) is 0 Å². The van der Waals surface area contributed by atoms with Crippen LogP contribution in [0.4, 0.5) is 11.5 Å². The molecule has 13 heteroatoms. The lowest BCUT2D eigenvalue weighted by molar-refractivity contribution is -0.137. The van der Waals surface area contributed by atoms with Crippen molar-refractivity contribution in [2.24, 2.45) is 0 Å². The maximum Gasteiger partial charge on any atom is 0.243 e. The highest BCUT2D eigenvalue weighted by molar-refractivity contribution is 6.00. The van der Waals surface area contributed by atoms with Crippen LogP contribution in [0.15, 0.2) is 79.1 Å². The molecular weight excluding hydrogens is 669 g/mol. The average Bonchev–Trinajstić information content (AvgIpc) is 3.87. The molecule has 0 bridgehead atoms. The Kier molecular flexibility index (Phi) is 7.88. The van der Waals surface area contributed by atoms with E-state index in [1.54, 1.807) is 0 Å². The number of ether oxygens (including phenoxy) is 1. The summed E-state index contributed by atoms with van der Waals surface area (Å²) in [6.45, 7) is 7.74. The van der Waals surface area contributed by atoms with Crippen molar-refractivity contribution in [3.05, 3.63) is 90.3 Å². The van der Waals surface area contributed by atoms with Crippen molar-refractivity contribution in [1.29, 1.82) is 0 Å². The fourth-order valence-corrected chi connectivity index (χ4v) is 8.83. The van der Waals surface area contributed by atoms with Crippen LogP contribution >= 0.6 is 0 Å². The minimum atomic E-state index is -0.226. The van der Waals surface area contributed by atoms with Gasteiger partial charge in [0.05, 0.1) is 17.5 Å². The third kappa shape index (κ3) is 5.88. The number of piperidine rings is 1. The summed E-state index contributed by atoms with van der Waals surface area (Å²) in [6, 6.07) is 25.6. The average molecular weight is 711 g/mol. The quantitative estimate of drug-likeness (QED) is 0.228. The molecule has 13 nitrogen and oxygen atoms in total. The summed E-state index contributed by atoms with van der Waals surface area (Å²) in [5, 5.41) is 8.43. The first-order valence-corrected chi connectivity index (χ1v) is 18.7. The van der Waals surface area contributed by atoms with Gasteiger partial charge in [0.2, 0.25) is 11.8 Å². The van der Waals surface area contributed by atoms with Crippen LogP contribution in [0, 0.1) is 0 Å². The van der Waals surface area contributed by atoms with E-state index in [-0.39, 0.29) is 23.9 Å². The molecule has 0 saturated carbocycles. The van der Waals surface area contributed by atoms with E-state index in [4.69, 9.17) is 15.6 Å². The number of benzene rings is 3. The van der Waals surface area contributed by atoms with Crippen LogP contribution in [-0.2, 0) is 22.7 Å². The molecule has 7 heterocycles. The molecule has 270 valence electrons. The number of aromatic nitrogens is 4. The van der Waals surface area contributed by atoms with Crippen molar-refractivity contribution in [2.75, 3.05) is 49.9 Å². The van der Waals surface area contributed by atoms with Gasteiger partial charge in [0.15, 0.2) is 5.65 Å². The summed E-state index contributed by atoms with van der Waals surface area (Å²) in [5.74, 6) is 1.67. The molecule has 2 unspecified atom stereocenters. The number of amides is 2. The van der Waals surface area contributed by atoms with Crippen molar-refractivity contribution in [2.45, 2.75) is 56.5 Å². The van der Waals surface area contributed by atoms with Crippen LogP contribution in [0.2, 0.25) is 0 Å². The molecule has 5 aliphatic heterocycles. The van der Waals surface area contributed by atoms with Gasteiger partial charge in [-0.3, -0.25) is 29.6 Å². The molecule has 10 rings (SSSR count). The fraction of sp³-hybridized carbons (Fsp3) is 0.375. The lowest BCUT2D eigenvalue weighted by atomic mass is 9.97. The number of carbonyl (C=O) groups excluding carboxylic acids is 2. The number of anilines is 2. The zero-order valence-corrected chi connectivity index (χ0v) is 29.5. The number of nitrogens with zero attached hydrogens (tertiary/aromatic N) is 8. The van der Waals surface area contributed by atoms with Gasteiger partial charge in [-0.05, 0) is 72.5 Å². The van der Waals surface area contributed by atoms with Crippen LogP contribution < -0.4 is 20.7 Å². The van der Waals surface area contributed by atoms with Gasteiger partial charge < -0.3 is 15.4 Å². The number of nitrogens with two attached hydrogens (primary N) is 1. The van der Waals surface area contributed by atoms with Crippen molar-refractivity contribution in [3.8, 4) is 22.8 Å². The van der Waals surface area contributed by atoms with Gasteiger partial charge in [-0.25, -0.2) is 14.6 Å². The summed E-state index contributed by atoms with van der Waals surface area (Å²) >= 11 is 0. The normalized spacial score (nSPS) is 22.9. The molecule has 53 heavy (non-hydrogen) atoms. The molecule has 4 fully saturated rings. The first kappa shape index (κ1) is 32.3. The summed E-state index contributed by atoms with van der Waals surface area (Å²) in [4.78, 5) is 43.0. The maximum absolute atomic E-state index is 12.4. The van der Waals surface area contributed by atoms with Gasteiger partial charge >= 0.3 is 0 Å². The third-order valence-electron chi connectivity index (χ3n) is 11.9. The highest BCUT2D eigenvalue weighted by atomic mass is 16.5. The standard InChI is InChI=1S/C40H42N10O3/c41-38-36-37(25-7-10-33(11-8-25)53-32-4-2-1-3-5-32)45-50(39(36)43-24-42-38)29-14-15-46(19-29)30-20-48(21-30)31-22-47(23-31)28-9-6-26-17-49(18-27(26)16-28)34-12-13-35(51)44-40(34)52/h1-11,16,24,29-31,34H,12-15,17-23H2,(H2,41,42,43)(H,44,51,52). The first-order chi connectivity index (χ1) is 25.9. The van der Waals surface area contributed by atoms with E-state index in [9.17, 15) is 9.59 Å².